The fraction of sp³-hybridized carbons (Fsp3) is 0.529. The van der Waals surface area contributed by atoms with Crippen LogP contribution >= 0.6 is 0 Å². The second kappa shape index (κ2) is 8.24. The lowest BCUT2D eigenvalue weighted by Gasteiger charge is -2.39. The number of carboxylic acids is 1. The summed E-state index contributed by atoms with van der Waals surface area (Å²) in [6.45, 7) is -2.51. The molecular formula is C17H21F2NO5. The molecule has 1 amide bonds. The summed E-state index contributed by atoms with van der Waals surface area (Å²) in [5, 5.41) is 9.53. The molecule has 25 heavy (non-hydrogen) atoms. The molecule has 1 atom stereocenters. The first-order chi connectivity index (χ1) is 11.9. The van der Waals surface area contributed by atoms with Gasteiger partial charge in [0.25, 0.3) is 0 Å². The summed E-state index contributed by atoms with van der Waals surface area (Å²) in [5.41, 5.74) is -0.798. The minimum Gasteiger partial charge on any atom is -0.481 e. The molecule has 1 heterocycles. The van der Waals surface area contributed by atoms with Crippen molar-refractivity contribution < 1.29 is 33.0 Å². The predicted molar refractivity (Wildman–Crippen MR) is 84.5 cm³/mol. The van der Waals surface area contributed by atoms with E-state index in [0.717, 1.165) is 0 Å². The van der Waals surface area contributed by atoms with Crippen LogP contribution in [0.1, 0.15) is 18.4 Å². The van der Waals surface area contributed by atoms with E-state index in [4.69, 9.17) is 4.74 Å². The highest BCUT2D eigenvalue weighted by Gasteiger charge is 2.43. The van der Waals surface area contributed by atoms with Crippen molar-refractivity contribution in [3.63, 3.8) is 0 Å². The van der Waals surface area contributed by atoms with Crippen molar-refractivity contribution in [3.05, 3.63) is 29.8 Å². The lowest BCUT2D eigenvalue weighted by Crippen LogP contribution is -2.52. The Kier molecular flexibility index (Phi) is 6.30. The number of carboxylic acid groups (broad SMARTS) is 1. The Hall–Kier alpha value is -2.22. The van der Waals surface area contributed by atoms with Crippen LogP contribution in [0, 0.1) is 5.41 Å². The number of alkyl halides is 2. The quantitative estimate of drug-likeness (QED) is 0.809. The van der Waals surface area contributed by atoms with Crippen molar-refractivity contribution in [1.82, 2.24) is 4.90 Å². The lowest BCUT2D eigenvalue weighted by atomic mass is 9.80. The van der Waals surface area contributed by atoms with Gasteiger partial charge in [-0.2, -0.15) is 8.78 Å². The number of hydrogen-bond donors (Lipinski definition) is 1. The number of carbonyl (C=O) groups excluding carboxylic acids is 1. The number of aliphatic carboxylic acids is 1. The van der Waals surface area contributed by atoms with Crippen molar-refractivity contribution in [2.45, 2.75) is 25.9 Å². The van der Waals surface area contributed by atoms with Crippen molar-refractivity contribution in [2.24, 2.45) is 5.41 Å². The number of amides is 1. The Morgan fingerprint density at radius 3 is 2.72 bits per heavy atom. The summed E-state index contributed by atoms with van der Waals surface area (Å²) in [7, 11) is 1.42. The molecule has 6 nitrogen and oxygen atoms in total. The normalized spacial score (nSPS) is 20.6. The molecule has 0 saturated carbocycles. The third kappa shape index (κ3) is 4.66. The van der Waals surface area contributed by atoms with Gasteiger partial charge >= 0.3 is 12.6 Å². The molecule has 1 fully saturated rings. The summed E-state index contributed by atoms with van der Waals surface area (Å²) in [4.78, 5) is 25.7. The van der Waals surface area contributed by atoms with E-state index in [0.29, 0.717) is 24.9 Å². The number of halogens is 2. The van der Waals surface area contributed by atoms with Gasteiger partial charge in [-0.25, -0.2) is 0 Å². The number of ether oxygens (including phenoxy) is 2. The molecule has 0 aromatic heterocycles. The molecule has 138 valence electrons. The van der Waals surface area contributed by atoms with Gasteiger partial charge in [0.1, 0.15) is 11.2 Å². The average Bonchev–Trinajstić information content (AvgIpc) is 2.56. The lowest BCUT2D eigenvalue weighted by molar-refractivity contribution is -0.159. The Morgan fingerprint density at radius 1 is 1.36 bits per heavy atom. The van der Waals surface area contributed by atoms with E-state index in [1.165, 1.54) is 18.1 Å². The van der Waals surface area contributed by atoms with E-state index in [1.54, 1.807) is 18.2 Å². The molecule has 2 rings (SSSR count). The SMILES string of the molecule is COCC1(C(=O)O)CCCN(C(=O)Cc2ccccc2OC(F)F)C1. The predicted octanol–water partition coefficient (Wildman–Crippen LogP) is 2.17. The maximum atomic E-state index is 12.6. The molecule has 1 N–H and O–H groups in total. The summed E-state index contributed by atoms with van der Waals surface area (Å²) in [5.74, 6) is -1.38. The zero-order valence-corrected chi connectivity index (χ0v) is 13.9. The van der Waals surface area contributed by atoms with Crippen LogP contribution in [0.2, 0.25) is 0 Å². The van der Waals surface area contributed by atoms with Crippen LogP contribution in [-0.4, -0.2) is 55.3 Å². The number of piperidine rings is 1. The molecular weight excluding hydrogens is 336 g/mol. The van der Waals surface area contributed by atoms with Crippen LogP contribution in [0.3, 0.4) is 0 Å². The average molecular weight is 357 g/mol. The van der Waals surface area contributed by atoms with E-state index in [1.807, 2.05) is 0 Å². The molecule has 0 radical (unpaired) electrons. The number of carbonyl (C=O) groups is 2. The molecule has 0 bridgehead atoms. The van der Waals surface area contributed by atoms with Crippen molar-refractivity contribution in [3.8, 4) is 5.75 Å². The number of rotatable bonds is 7. The number of nitrogens with zero attached hydrogens (tertiary/aromatic N) is 1. The highest BCUT2D eigenvalue weighted by Crippen LogP contribution is 2.31. The van der Waals surface area contributed by atoms with Gasteiger partial charge in [0.15, 0.2) is 0 Å². The molecule has 8 heteroatoms. The number of methoxy groups -OCH3 is 1. The Balaban J connectivity index is 2.12. The fourth-order valence-electron chi connectivity index (χ4n) is 3.11. The fourth-order valence-corrected chi connectivity index (χ4v) is 3.11. The summed E-state index contributed by atoms with van der Waals surface area (Å²) >= 11 is 0. The molecule has 1 aromatic rings. The first-order valence-electron chi connectivity index (χ1n) is 7.91. The van der Waals surface area contributed by atoms with Gasteiger partial charge in [0.05, 0.1) is 13.0 Å². The summed E-state index contributed by atoms with van der Waals surface area (Å²) in [6, 6.07) is 6.08. The first kappa shape index (κ1) is 19.1. The third-order valence-electron chi connectivity index (χ3n) is 4.33. The Morgan fingerprint density at radius 2 is 2.08 bits per heavy atom. The second-order valence-corrected chi connectivity index (χ2v) is 6.10. The van der Waals surface area contributed by atoms with Gasteiger partial charge in [0.2, 0.25) is 5.91 Å². The van der Waals surface area contributed by atoms with Gasteiger partial charge in [0, 0.05) is 25.8 Å². The van der Waals surface area contributed by atoms with Crippen LogP contribution < -0.4 is 4.74 Å². The van der Waals surface area contributed by atoms with Crippen LogP contribution in [0.15, 0.2) is 24.3 Å². The maximum Gasteiger partial charge on any atom is 0.387 e. The molecule has 0 spiro atoms. The van der Waals surface area contributed by atoms with Gasteiger partial charge in [-0.1, -0.05) is 18.2 Å². The van der Waals surface area contributed by atoms with E-state index in [-0.39, 0.29) is 31.2 Å². The Bertz CT molecular complexity index is 621. The minimum atomic E-state index is -2.98. The number of benzene rings is 1. The van der Waals surface area contributed by atoms with Gasteiger partial charge < -0.3 is 19.5 Å². The largest absolute Gasteiger partial charge is 0.481 e. The molecule has 1 aliphatic rings. The van der Waals surface area contributed by atoms with Crippen LogP contribution in [0.25, 0.3) is 0 Å². The van der Waals surface area contributed by atoms with Gasteiger partial charge in [-0.05, 0) is 18.9 Å². The number of likely N-dealkylation sites (tertiary alicyclic amines) is 1. The summed E-state index contributed by atoms with van der Waals surface area (Å²) in [6.07, 6.45) is 0.827. The zero-order valence-electron chi connectivity index (χ0n) is 13.9. The van der Waals surface area contributed by atoms with Crippen LogP contribution in [0.5, 0.6) is 5.75 Å². The zero-order chi connectivity index (χ0) is 18.4. The smallest absolute Gasteiger partial charge is 0.387 e. The van der Waals surface area contributed by atoms with Gasteiger partial charge in [-0.3, -0.25) is 9.59 Å². The highest BCUT2D eigenvalue weighted by molar-refractivity contribution is 5.82. The van der Waals surface area contributed by atoms with Crippen LogP contribution in [0.4, 0.5) is 8.78 Å². The standard InChI is InChI=1S/C17H21F2NO5/c1-24-11-17(15(22)23)7-4-8-20(10-17)14(21)9-12-5-2-3-6-13(12)25-16(18)19/h2-3,5-6,16H,4,7-11H2,1H3,(H,22,23). The van der Waals surface area contributed by atoms with Crippen molar-refractivity contribution in [1.29, 1.82) is 0 Å². The molecule has 1 unspecified atom stereocenters. The number of para-hydroxylation sites is 1. The highest BCUT2D eigenvalue weighted by atomic mass is 19.3. The molecule has 0 aliphatic carbocycles. The maximum absolute atomic E-state index is 12.6. The molecule has 1 saturated heterocycles. The van der Waals surface area contributed by atoms with Gasteiger partial charge in [-0.15, -0.1) is 0 Å². The monoisotopic (exact) mass is 357 g/mol. The van der Waals surface area contributed by atoms with Crippen molar-refractivity contribution >= 4 is 11.9 Å². The topological polar surface area (TPSA) is 76.1 Å². The molecule has 1 aliphatic heterocycles. The Labute approximate surface area is 144 Å². The van der Waals surface area contributed by atoms with Crippen molar-refractivity contribution in [2.75, 3.05) is 26.8 Å². The molecule has 1 aromatic carbocycles. The van der Waals surface area contributed by atoms with E-state index < -0.39 is 18.0 Å². The van der Waals surface area contributed by atoms with Crippen LogP contribution in [-0.2, 0) is 20.7 Å². The first-order valence-corrected chi connectivity index (χ1v) is 7.91. The van der Waals surface area contributed by atoms with E-state index in [9.17, 15) is 23.5 Å². The third-order valence-corrected chi connectivity index (χ3v) is 4.33. The second-order valence-electron chi connectivity index (χ2n) is 6.10. The summed E-state index contributed by atoms with van der Waals surface area (Å²) < 4.78 is 34.4. The minimum absolute atomic E-state index is 0.0111. The number of hydrogen-bond acceptors (Lipinski definition) is 4. The van der Waals surface area contributed by atoms with E-state index in [2.05, 4.69) is 4.74 Å². The van der Waals surface area contributed by atoms with E-state index >= 15 is 0 Å².